The van der Waals surface area contributed by atoms with Crippen molar-refractivity contribution in [2.24, 2.45) is 0 Å². The summed E-state index contributed by atoms with van der Waals surface area (Å²) in [4.78, 5) is 12.4. The highest BCUT2D eigenvalue weighted by molar-refractivity contribution is 7.99. The SMILES string of the molecule is C=CCn1c(SCC(=O)Nc2cccc(C)c2C)nnc1-c1ccc(Cl)cc1. The quantitative estimate of drug-likeness (QED) is 0.431. The molecule has 5 nitrogen and oxygen atoms in total. The van der Waals surface area contributed by atoms with Gasteiger partial charge in [0.05, 0.1) is 5.75 Å². The fourth-order valence-corrected chi connectivity index (χ4v) is 3.58. The van der Waals surface area contributed by atoms with E-state index in [9.17, 15) is 4.79 Å². The van der Waals surface area contributed by atoms with Crippen LogP contribution in [-0.4, -0.2) is 26.4 Å². The van der Waals surface area contributed by atoms with Gasteiger partial charge in [0, 0.05) is 22.8 Å². The number of aryl methyl sites for hydroxylation is 1. The number of benzene rings is 2. The van der Waals surface area contributed by atoms with E-state index in [-0.39, 0.29) is 11.7 Å². The molecule has 3 rings (SSSR count). The second-order valence-electron chi connectivity index (χ2n) is 6.30. The highest BCUT2D eigenvalue weighted by atomic mass is 35.5. The largest absolute Gasteiger partial charge is 0.325 e. The minimum atomic E-state index is -0.0834. The van der Waals surface area contributed by atoms with E-state index in [0.717, 1.165) is 22.4 Å². The van der Waals surface area contributed by atoms with Crippen molar-refractivity contribution >= 4 is 35.0 Å². The third-order valence-electron chi connectivity index (χ3n) is 4.34. The van der Waals surface area contributed by atoms with Gasteiger partial charge in [-0.2, -0.15) is 0 Å². The molecular weight excluding hydrogens is 392 g/mol. The number of aromatic nitrogens is 3. The van der Waals surface area contributed by atoms with Crippen molar-refractivity contribution in [1.29, 1.82) is 0 Å². The lowest BCUT2D eigenvalue weighted by atomic mass is 10.1. The number of hydrogen-bond donors (Lipinski definition) is 1. The number of thioether (sulfide) groups is 1. The van der Waals surface area contributed by atoms with Crippen LogP contribution in [0.15, 0.2) is 60.3 Å². The van der Waals surface area contributed by atoms with Crippen molar-refractivity contribution in [2.45, 2.75) is 25.5 Å². The normalized spacial score (nSPS) is 10.7. The Labute approximate surface area is 173 Å². The maximum absolute atomic E-state index is 12.4. The summed E-state index contributed by atoms with van der Waals surface area (Å²) in [6.45, 7) is 8.38. The molecule has 3 aromatic rings. The molecule has 0 saturated carbocycles. The minimum Gasteiger partial charge on any atom is -0.325 e. The van der Waals surface area contributed by atoms with Crippen LogP contribution in [0.1, 0.15) is 11.1 Å². The lowest BCUT2D eigenvalue weighted by Gasteiger charge is -2.11. The molecule has 0 bridgehead atoms. The first kappa shape index (κ1) is 20.2. The number of amides is 1. The van der Waals surface area contributed by atoms with Gasteiger partial charge in [0.2, 0.25) is 5.91 Å². The highest BCUT2D eigenvalue weighted by Gasteiger charge is 2.15. The number of carbonyl (C=O) groups excluding carboxylic acids is 1. The predicted molar refractivity (Wildman–Crippen MR) is 116 cm³/mol. The number of nitrogens with one attached hydrogen (secondary N) is 1. The molecule has 1 N–H and O–H groups in total. The molecule has 28 heavy (non-hydrogen) atoms. The summed E-state index contributed by atoms with van der Waals surface area (Å²) in [6.07, 6.45) is 1.78. The molecule has 2 aromatic carbocycles. The lowest BCUT2D eigenvalue weighted by Crippen LogP contribution is -2.15. The van der Waals surface area contributed by atoms with Crippen molar-refractivity contribution in [1.82, 2.24) is 14.8 Å². The standard InChI is InChI=1S/C21H21ClN4OS/c1-4-12-26-20(16-8-10-17(22)11-9-16)24-25-21(26)28-13-19(27)23-18-7-5-6-14(2)15(18)3/h4-11H,1,12-13H2,2-3H3,(H,23,27). The Hall–Kier alpha value is -2.57. The molecule has 0 aliphatic carbocycles. The lowest BCUT2D eigenvalue weighted by molar-refractivity contribution is -0.113. The molecular formula is C21H21ClN4OS. The maximum Gasteiger partial charge on any atom is 0.234 e. The van der Waals surface area contributed by atoms with E-state index < -0.39 is 0 Å². The molecule has 0 aliphatic heterocycles. The summed E-state index contributed by atoms with van der Waals surface area (Å²) in [6, 6.07) is 13.3. The number of anilines is 1. The van der Waals surface area contributed by atoms with Crippen LogP contribution in [0.3, 0.4) is 0 Å². The smallest absolute Gasteiger partial charge is 0.234 e. The van der Waals surface area contributed by atoms with Crippen molar-refractivity contribution < 1.29 is 4.79 Å². The van der Waals surface area contributed by atoms with Crippen LogP contribution in [0.2, 0.25) is 5.02 Å². The Morgan fingerprint density at radius 1 is 1.21 bits per heavy atom. The van der Waals surface area contributed by atoms with Crippen LogP contribution in [0.5, 0.6) is 0 Å². The molecule has 0 saturated heterocycles. The Morgan fingerprint density at radius 3 is 2.68 bits per heavy atom. The van der Waals surface area contributed by atoms with Gasteiger partial charge in [-0.3, -0.25) is 9.36 Å². The molecule has 0 spiro atoms. The zero-order chi connectivity index (χ0) is 20.1. The Kier molecular flexibility index (Phi) is 6.54. The zero-order valence-corrected chi connectivity index (χ0v) is 17.3. The van der Waals surface area contributed by atoms with Crippen molar-refractivity contribution in [3.63, 3.8) is 0 Å². The van der Waals surface area contributed by atoms with Gasteiger partial charge in [0.25, 0.3) is 0 Å². The molecule has 7 heteroatoms. The third-order valence-corrected chi connectivity index (χ3v) is 5.56. The Morgan fingerprint density at radius 2 is 1.96 bits per heavy atom. The number of nitrogens with zero attached hydrogens (tertiary/aromatic N) is 3. The fraction of sp³-hybridized carbons (Fsp3) is 0.190. The second kappa shape index (κ2) is 9.08. The van der Waals surface area contributed by atoms with Gasteiger partial charge >= 0.3 is 0 Å². The average molecular weight is 413 g/mol. The van der Waals surface area contributed by atoms with Gasteiger partial charge in [-0.15, -0.1) is 16.8 Å². The summed E-state index contributed by atoms with van der Waals surface area (Å²) >= 11 is 7.32. The van der Waals surface area contributed by atoms with E-state index in [1.807, 2.05) is 60.9 Å². The first-order valence-corrected chi connectivity index (χ1v) is 10.1. The molecule has 0 aliphatic rings. The molecule has 0 atom stereocenters. The zero-order valence-electron chi connectivity index (χ0n) is 15.8. The van der Waals surface area contributed by atoms with E-state index in [4.69, 9.17) is 11.6 Å². The molecule has 1 heterocycles. The van der Waals surface area contributed by atoms with Gasteiger partial charge < -0.3 is 5.32 Å². The topological polar surface area (TPSA) is 59.8 Å². The number of carbonyl (C=O) groups is 1. The van der Waals surface area contributed by atoms with Gasteiger partial charge in [-0.25, -0.2) is 0 Å². The van der Waals surface area contributed by atoms with Crippen LogP contribution in [0.25, 0.3) is 11.4 Å². The summed E-state index contributed by atoms with van der Waals surface area (Å²) in [5.74, 6) is 0.873. The first-order chi connectivity index (χ1) is 13.5. The molecule has 1 aromatic heterocycles. The van der Waals surface area contributed by atoms with E-state index in [0.29, 0.717) is 22.5 Å². The average Bonchev–Trinajstić information content (AvgIpc) is 3.07. The number of halogens is 1. The number of rotatable bonds is 7. The van der Waals surface area contributed by atoms with E-state index in [2.05, 4.69) is 22.1 Å². The molecule has 0 fully saturated rings. The van der Waals surface area contributed by atoms with Crippen molar-refractivity contribution in [2.75, 3.05) is 11.1 Å². The molecule has 1 amide bonds. The van der Waals surface area contributed by atoms with Crippen LogP contribution < -0.4 is 5.32 Å². The maximum atomic E-state index is 12.4. The van der Waals surface area contributed by atoms with Gasteiger partial charge in [-0.1, -0.05) is 41.6 Å². The number of allylic oxidation sites excluding steroid dienone is 1. The van der Waals surface area contributed by atoms with Gasteiger partial charge in [0.15, 0.2) is 11.0 Å². The summed E-state index contributed by atoms with van der Waals surface area (Å²) in [7, 11) is 0. The van der Waals surface area contributed by atoms with E-state index in [1.165, 1.54) is 11.8 Å². The van der Waals surface area contributed by atoms with Gasteiger partial charge in [0.1, 0.15) is 0 Å². The third kappa shape index (κ3) is 4.64. The summed E-state index contributed by atoms with van der Waals surface area (Å²) in [5.41, 5.74) is 3.95. The van der Waals surface area contributed by atoms with Crippen LogP contribution in [0.4, 0.5) is 5.69 Å². The van der Waals surface area contributed by atoms with E-state index in [1.54, 1.807) is 6.08 Å². The Bertz CT molecular complexity index is 998. The molecule has 0 unspecified atom stereocenters. The van der Waals surface area contributed by atoms with Crippen molar-refractivity contribution in [3.05, 3.63) is 71.3 Å². The highest BCUT2D eigenvalue weighted by Crippen LogP contribution is 2.26. The van der Waals surface area contributed by atoms with Crippen LogP contribution >= 0.6 is 23.4 Å². The Balaban J connectivity index is 1.73. The summed E-state index contributed by atoms with van der Waals surface area (Å²) in [5, 5.41) is 12.8. The fourth-order valence-electron chi connectivity index (χ4n) is 2.70. The van der Waals surface area contributed by atoms with Crippen molar-refractivity contribution in [3.8, 4) is 11.4 Å². The van der Waals surface area contributed by atoms with Crippen LogP contribution in [-0.2, 0) is 11.3 Å². The second-order valence-corrected chi connectivity index (χ2v) is 7.68. The first-order valence-electron chi connectivity index (χ1n) is 8.78. The van der Waals surface area contributed by atoms with E-state index >= 15 is 0 Å². The monoisotopic (exact) mass is 412 g/mol. The van der Waals surface area contributed by atoms with Crippen LogP contribution in [0, 0.1) is 13.8 Å². The predicted octanol–water partition coefficient (Wildman–Crippen LogP) is 5.13. The van der Waals surface area contributed by atoms with Gasteiger partial charge in [-0.05, 0) is 55.3 Å². The molecule has 0 radical (unpaired) electrons. The molecule has 144 valence electrons. The number of hydrogen-bond acceptors (Lipinski definition) is 4. The summed E-state index contributed by atoms with van der Waals surface area (Å²) < 4.78 is 1.94. The minimum absolute atomic E-state index is 0.0834.